The minimum Gasteiger partial charge on any atom is -0.387 e. The molecule has 1 aromatic heterocycles. The number of halogens is 4. The number of nitrogens with one attached hydrogen (secondary N) is 1. The molecule has 0 saturated carbocycles. The van der Waals surface area contributed by atoms with Crippen LogP contribution in [0.4, 0.5) is 19.0 Å². The molecule has 112 valence electrons. The molecule has 21 heavy (non-hydrogen) atoms. The topological polar surface area (TPSA) is 45.1 Å². The van der Waals surface area contributed by atoms with Crippen molar-refractivity contribution in [3.05, 3.63) is 58.7 Å². The van der Waals surface area contributed by atoms with Crippen LogP contribution in [0, 0.1) is 0 Å². The van der Waals surface area contributed by atoms with Crippen molar-refractivity contribution >= 4 is 17.4 Å². The molecule has 0 aliphatic rings. The summed E-state index contributed by atoms with van der Waals surface area (Å²) < 4.78 is 38.3. The Morgan fingerprint density at radius 3 is 2.48 bits per heavy atom. The molecule has 3 nitrogen and oxygen atoms in total. The standard InChI is InChI=1S/C14H12ClF3N2O/c15-10-5-3-9(4-6-10)12(21)8-20-13-11(14(16,17)18)2-1-7-19-13/h1-7,12,21H,8H2,(H,19,20)/t12-/m0/s1. The smallest absolute Gasteiger partial charge is 0.387 e. The first-order chi connectivity index (χ1) is 9.88. The maximum absolute atomic E-state index is 12.8. The Kier molecular flexibility index (Phi) is 4.69. The highest BCUT2D eigenvalue weighted by atomic mass is 35.5. The largest absolute Gasteiger partial charge is 0.419 e. The van der Waals surface area contributed by atoms with Gasteiger partial charge >= 0.3 is 6.18 Å². The number of pyridine rings is 1. The van der Waals surface area contributed by atoms with E-state index in [0.29, 0.717) is 10.6 Å². The van der Waals surface area contributed by atoms with Gasteiger partial charge in [0.25, 0.3) is 0 Å². The predicted molar refractivity (Wildman–Crippen MR) is 74.1 cm³/mol. The number of hydrogen-bond donors (Lipinski definition) is 2. The van der Waals surface area contributed by atoms with Gasteiger partial charge in [0.1, 0.15) is 5.82 Å². The molecular formula is C14H12ClF3N2O. The van der Waals surface area contributed by atoms with Crippen molar-refractivity contribution in [3.63, 3.8) is 0 Å². The highest BCUT2D eigenvalue weighted by Crippen LogP contribution is 2.33. The minimum absolute atomic E-state index is 0.0955. The number of benzene rings is 1. The Labute approximate surface area is 124 Å². The van der Waals surface area contributed by atoms with Gasteiger partial charge in [-0.2, -0.15) is 13.2 Å². The third kappa shape index (κ3) is 4.09. The molecule has 1 aromatic carbocycles. The normalized spacial score (nSPS) is 13.0. The van der Waals surface area contributed by atoms with Gasteiger partial charge in [0.15, 0.2) is 0 Å². The van der Waals surface area contributed by atoms with Crippen LogP contribution in [-0.2, 0) is 6.18 Å². The lowest BCUT2D eigenvalue weighted by atomic mass is 10.1. The third-order valence-electron chi connectivity index (χ3n) is 2.83. The van der Waals surface area contributed by atoms with Crippen molar-refractivity contribution in [2.24, 2.45) is 0 Å². The Bertz CT molecular complexity index is 602. The van der Waals surface area contributed by atoms with E-state index in [1.54, 1.807) is 24.3 Å². The number of hydrogen-bond acceptors (Lipinski definition) is 3. The highest BCUT2D eigenvalue weighted by molar-refractivity contribution is 6.30. The molecule has 0 amide bonds. The molecule has 0 aliphatic carbocycles. The number of aliphatic hydroxyl groups is 1. The van der Waals surface area contributed by atoms with E-state index >= 15 is 0 Å². The summed E-state index contributed by atoms with van der Waals surface area (Å²) in [5.41, 5.74) is -0.315. The van der Waals surface area contributed by atoms with E-state index in [1.165, 1.54) is 12.3 Å². The van der Waals surface area contributed by atoms with Gasteiger partial charge in [0.2, 0.25) is 0 Å². The Balaban J connectivity index is 2.08. The Hall–Kier alpha value is -1.79. The van der Waals surface area contributed by atoms with E-state index in [4.69, 9.17) is 11.6 Å². The number of anilines is 1. The second-order valence-electron chi connectivity index (χ2n) is 4.35. The summed E-state index contributed by atoms with van der Waals surface area (Å²) in [5, 5.41) is 13.0. The van der Waals surface area contributed by atoms with Crippen LogP contribution in [0.15, 0.2) is 42.6 Å². The number of aromatic nitrogens is 1. The lowest BCUT2D eigenvalue weighted by molar-refractivity contribution is -0.137. The molecule has 0 radical (unpaired) electrons. The zero-order chi connectivity index (χ0) is 15.5. The summed E-state index contributed by atoms with van der Waals surface area (Å²) in [6.07, 6.45) is -4.21. The lowest BCUT2D eigenvalue weighted by Crippen LogP contribution is -2.17. The monoisotopic (exact) mass is 316 g/mol. The van der Waals surface area contributed by atoms with Gasteiger partial charge < -0.3 is 10.4 Å². The fourth-order valence-electron chi connectivity index (χ4n) is 1.77. The average molecular weight is 317 g/mol. The van der Waals surface area contributed by atoms with Crippen molar-refractivity contribution in [3.8, 4) is 0 Å². The molecule has 1 atom stereocenters. The number of rotatable bonds is 4. The minimum atomic E-state index is -4.50. The first kappa shape index (κ1) is 15.6. The number of nitrogens with zero attached hydrogens (tertiary/aromatic N) is 1. The molecule has 2 N–H and O–H groups in total. The first-order valence-corrected chi connectivity index (χ1v) is 6.45. The number of aliphatic hydroxyl groups excluding tert-OH is 1. The molecule has 0 fully saturated rings. The van der Waals surface area contributed by atoms with E-state index in [9.17, 15) is 18.3 Å². The Morgan fingerprint density at radius 2 is 1.86 bits per heavy atom. The maximum Gasteiger partial charge on any atom is 0.419 e. The molecule has 0 spiro atoms. The van der Waals surface area contributed by atoms with Crippen molar-refractivity contribution in [2.45, 2.75) is 12.3 Å². The van der Waals surface area contributed by atoms with Crippen LogP contribution in [0.25, 0.3) is 0 Å². The van der Waals surface area contributed by atoms with E-state index < -0.39 is 17.8 Å². The van der Waals surface area contributed by atoms with Gasteiger partial charge in [0.05, 0.1) is 11.7 Å². The average Bonchev–Trinajstić information content (AvgIpc) is 2.45. The van der Waals surface area contributed by atoms with Crippen LogP contribution in [0.1, 0.15) is 17.2 Å². The van der Waals surface area contributed by atoms with Gasteiger partial charge in [-0.3, -0.25) is 0 Å². The molecular weight excluding hydrogens is 305 g/mol. The molecule has 0 unspecified atom stereocenters. The lowest BCUT2D eigenvalue weighted by Gasteiger charge is -2.16. The van der Waals surface area contributed by atoms with Crippen molar-refractivity contribution < 1.29 is 18.3 Å². The molecule has 2 aromatic rings. The summed E-state index contributed by atoms with van der Waals surface area (Å²) in [6.45, 7) is -0.0955. The zero-order valence-electron chi connectivity index (χ0n) is 10.7. The molecule has 0 aliphatic heterocycles. The maximum atomic E-state index is 12.8. The van der Waals surface area contributed by atoms with Gasteiger partial charge in [-0.15, -0.1) is 0 Å². The van der Waals surface area contributed by atoms with Crippen LogP contribution in [0.3, 0.4) is 0 Å². The van der Waals surface area contributed by atoms with Crippen LogP contribution >= 0.6 is 11.6 Å². The summed E-state index contributed by atoms with van der Waals surface area (Å²) in [5.74, 6) is -0.307. The zero-order valence-corrected chi connectivity index (χ0v) is 11.5. The second-order valence-corrected chi connectivity index (χ2v) is 4.78. The molecule has 1 heterocycles. The van der Waals surface area contributed by atoms with Crippen LogP contribution in [0.2, 0.25) is 5.02 Å². The number of alkyl halides is 3. The van der Waals surface area contributed by atoms with Crippen molar-refractivity contribution in [1.82, 2.24) is 4.98 Å². The van der Waals surface area contributed by atoms with Gasteiger partial charge in [-0.05, 0) is 29.8 Å². The van der Waals surface area contributed by atoms with Crippen LogP contribution in [0.5, 0.6) is 0 Å². The van der Waals surface area contributed by atoms with Crippen LogP contribution in [-0.4, -0.2) is 16.6 Å². The molecule has 7 heteroatoms. The van der Waals surface area contributed by atoms with Crippen LogP contribution < -0.4 is 5.32 Å². The van der Waals surface area contributed by atoms with Crippen molar-refractivity contribution in [2.75, 3.05) is 11.9 Å². The third-order valence-corrected chi connectivity index (χ3v) is 3.08. The first-order valence-electron chi connectivity index (χ1n) is 6.07. The van der Waals surface area contributed by atoms with E-state index in [-0.39, 0.29) is 12.4 Å². The van der Waals surface area contributed by atoms with E-state index in [1.807, 2.05) is 0 Å². The molecule has 0 saturated heterocycles. The SMILES string of the molecule is O[C@@H](CNc1ncccc1C(F)(F)F)c1ccc(Cl)cc1. The predicted octanol–water partition coefficient (Wildman–Crippen LogP) is 3.90. The summed E-state index contributed by atoms with van der Waals surface area (Å²) in [4.78, 5) is 3.66. The molecule has 2 rings (SSSR count). The second kappa shape index (κ2) is 6.32. The van der Waals surface area contributed by atoms with Gasteiger partial charge in [-0.1, -0.05) is 23.7 Å². The van der Waals surface area contributed by atoms with Gasteiger partial charge in [-0.25, -0.2) is 4.98 Å². The highest BCUT2D eigenvalue weighted by Gasteiger charge is 2.34. The van der Waals surface area contributed by atoms with Gasteiger partial charge in [0, 0.05) is 17.8 Å². The summed E-state index contributed by atoms with van der Waals surface area (Å²) >= 11 is 5.73. The van der Waals surface area contributed by atoms with Crippen molar-refractivity contribution in [1.29, 1.82) is 0 Å². The van der Waals surface area contributed by atoms with E-state index in [0.717, 1.165) is 6.07 Å². The molecule has 0 bridgehead atoms. The summed E-state index contributed by atoms with van der Waals surface area (Å²) in [6, 6.07) is 8.56. The quantitative estimate of drug-likeness (QED) is 0.899. The Morgan fingerprint density at radius 1 is 1.19 bits per heavy atom. The summed E-state index contributed by atoms with van der Waals surface area (Å²) in [7, 11) is 0. The van der Waals surface area contributed by atoms with E-state index in [2.05, 4.69) is 10.3 Å². The fraction of sp³-hybridized carbons (Fsp3) is 0.214. The fourth-order valence-corrected chi connectivity index (χ4v) is 1.90.